The van der Waals surface area contributed by atoms with E-state index in [1.54, 1.807) is 23.1 Å². The first-order chi connectivity index (χ1) is 16.4. The van der Waals surface area contributed by atoms with Crippen LogP contribution in [0.3, 0.4) is 0 Å². The van der Waals surface area contributed by atoms with Crippen LogP contribution in [-0.2, 0) is 6.42 Å². The molecule has 1 fully saturated rings. The van der Waals surface area contributed by atoms with Crippen molar-refractivity contribution in [1.82, 2.24) is 15.0 Å². The van der Waals surface area contributed by atoms with Crippen LogP contribution in [0.15, 0.2) is 53.1 Å². The Morgan fingerprint density at radius 1 is 1.00 bits per heavy atom. The van der Waals surface area contributed by atoms with E-state index in [0.717, 1.165) is 32.1 Å². The van der Waals surface area contributed by atoms with Gasteiger partial charge in [-0.3, -0.25) is 25.0 Å². The normalized spacial score (nSPS) is 14.0. The summed E-state index contributed by atoms with van der Waals surface area (Å²) in [5.74, 6) is 0.380. The molecule has 2 aromatic carbocycles. The van der Waals surface area contributed by atoms with E-state index >= 15 is 0 Å². The topological polar surface area (TPSA) is 146 Å². The third-order valence-corrected chi connectivity index (χ3v) is 5.95. The predicted octanol–water partition coefficient (Wildman–Crippen LogP) is 4.57. The van der Waals surface area contributed by atoms with Gasteiger partial charge in [0.1, 0.15) is 0 Å². The molecule has 1 aliphatic carbocycles. The fourth-order valence-corrected chi connectivity index (χ4v) is 4.18. The number of benzene rings is 2. The minimum Gasteiger partial charge on any atom is -0.339 e. The summed E-state index contributed by atoms with van der Waals surface area (Å²) in [5.41, 5.74) is 0.698. The molecule has 0 unspecified atom stereocenters. The highest BCUT2D eigenvalue weighted by molar-refractivity contribution is 5.95. The van der Waals surface area contributed by atoms with E-state index in [2.05, 4.69) is 10.1 Å². The highest BCUT2D eigenvalue weighted by Crippen LogP contribution is 2.26. The van der Waals surface area contributed by atoms with Gasteiger partial charge in [0.15, 0.2) is 0 Å². The van der Waals surface area contributed by atoms with Gasteiger partial charge in [-0.25, -0.2) is 0 Å². The molecule has 11 heteroatoms. The number of hydrogen-bond acceptors (Lipinski definition) is 8. The van der Waals surface area contributed by atoms with Crippen LogP contribution in [0.25, 0.3) is 11.4 Å². The first-order valence-corrected chi connectivity index (χ1v) is 11.0. The van der Waals surface area contributed by atoms with Gasteiger partial charge in [-0.15, -0.1) is 0 Å². The molecule has 0 spiro atoms. The fourth-order valence-electron chi connectivity index (χ4n) is 4.18. The Balaban J connectivity index is 1.50. The molecule has 1 aromatic heterocycles. The molecule has 0 atom stereocenters. The van der Waals surface area contributed by atoms with Crippen LogP contribution in [-0.4, -0.2) is 43.4 Å². The molecule has 0 aliphatic heterocycles. The molecule has 34 heavy (non-hydrogen) atoms. The third kappa shape index (κ3) is 5.25. The van der Waals surface area contributed by atoms with Gasteiger partial charge in [-0.2, -0.15) is 4.98 Å². The van der Waals surface area contributed by atoms with Crippen molar-refractivity contribution in [2.24, 2.45) is 0 Å². The van der Waals surface area contributed by atoms with Crippen molar-refractivity contribution in [3.63, 3.8) is 0 Å². The Morgan fingerprint density at radius 2 is 1.71 bits per heavy atom. The van der Waals surface area contributed by atoms with Gasteiger partial charge in [0, 0.05) is 54.4 Å². The van der Waals surface area contributed by atoms with Crippen molar-refractivity contribution in [3.05, 3.63) is 80.2 Å². The summed E-state index contributed by atoms with van der Waals surface area (Å²) in [7, 11) is 0. The Morgan fingerprint density at radius 3 is 2.38 bits per heavy atom. The standard InChI is InChI=1S/C23H23N5O6/c29-23(17-5-4-8-20(15-17)28(32)33)26(18-6-2-1-3-7-18)14-13-21-24-22(25-34-21)16-9-11-19(12-10-16)27(30)31/h4-5,8-12,15,18H,1-3,6-7,13-14H2. The number of rotatable bonds is 8. The monoisotopic (exact) mass is 465 g/mol. The molecule has 1 saturated carbocycles. The van der Waals surface area contributed by atoms with Crippen LogP contribution in [0.5, 0.6) is 0 Å². The lowest BCUT2D eigenvalue weighted by molar-refractivity contribution is -0.385. The van der Waals surface area contributed by atoms with E-state index in [0.29, 0.717) is 30.2 Å². The summed E-state index contributed by atoms with van der Waals surface area (Å²) in [6.45, 7) is 0.327. The number of hydrogen-bond donors (Lipinski definition) is 0. The quantitative estimate of drug-likeness (QED) is 0.347. The van der Waals surface area contributed by atoms with Crippen molar-refractivity contribution in [1.29, 1.82) is 0 Å². The zero-order chi connectivity index (χ0) is 24.1. The molecule has 1 heterocycles. The second-order valence-corrected chi connectivity index (χ2v) is 8.16. The van der Waals surface area contributed by atoms with Gasteiger partial charge >= 0.3 is 0 Å². The second kappa shape index (κ2) is 10.2. The number of carbonyl (C=O) groups is 1. The molecular formula is C23H23N5O6. The molecule has 11 nitrogen and oxygen atoms in total. The van der Waals surface area contributed by atoms with Gasteiger partial charge in [0.2, 0.25) is 11.7 Å². The summed E-state index contributed by atoms with van der Waals surface area (Å²) in [4.78, 5) is 40.4. The lowest BCUT2D eigenvalue weighted by Gasteiger charge is -2.34. The first kappa shape index (κ1) is 23.0. The summed E-state index contributed by atoms with van der Waals surface area (Å²) >= 11 is 0. The average molecular weight is 465 g/mol. The van der Waals surface area contributed by atoms with Crippen LogP contribution in [0, 0.1) is 20.2 Å². The molecule has 0 N–H and O–H groups in total. The predicted molar refractivity (Wildman–Crippen MR) is 121 cm³/mol. The summed E-state index contributed by atoms with van der Waals surface area (Å²) < 4.78 is 5.35. The molecule has 0 radical (unpaired) electrons. The summed E-state index contributed by atoms with van der Waals surface area (Å²) in [5, 5.41) is 25.9. The van der Waals surface area contributed by atoms with Crippen LogP contribution < -0.4 is 0 Å². The molecular weight excluding hydrogens is 442 g/mol. The Labute approximate surface area is 194 Å². The number of aromatic nitrogens is 2. The Bertz CT molecular complexity index is 1190. The van der Waals surface area contributed by atoms with Crippen molar-refractivity contribution in [2.45, 2.75) is 44.6 Å². The Hall–Kier alpha value is -4.15. The van der Waals surface area contributed by atoms with Crippen molar-refractivity contribution >= 4 is 17.3 Å². The van der Waals surface area contributed by atoms with E-state index in [9.17, 15) is 25.0 Å². The highest BCUT2D eigenvalue weighted by Gasteiger charge is 2.27. The van der Waals surface area contributed by atoms with Gasteiger partial charge in [-0.05, 0) is 31.0 Å². The van der Waals surface area contributed by atoms with Crippen LogP contribution >= 0.6 is 0 Å². The number of amides is 1. The van der Waals surface area contributed by atoms with Crippen LogP contribution in [0.1, 0.15) is 48.4 Å². The number of nitro benzene ring substituents is 2. The lowest BCUT2D eigenvalue weighted by atomic mass is 9.93. The van der Waals surface area contributed by atoms with Gasteiger partial charge < -0.3 is 9.42 Å². The molecule has 4 rings (SSSR count). The van der Waals surface area contributed by atoms with E-state index in [1.807, 2.05) is 0 Å². The van der Waals surface area contributed by atoms with E-state index < -0.39 is 9.85 Å². The van der Waals surface area contributed by atoms with Crippen LogP contribution in [0.4, 0.5) is 11.4 Å². The zero-order valence-corrected chi connectivity index (χ0v) is 18.3. The smallest absolute Gasteiger partial charge is 0.270 e. The van der Waals surface area contributed by atoms with Crippen molar-refractivity contribution < 1.29 is 19.2 Å². The van der Waals surface area contributed by atoms with Crippen molar-refractivity contribution in [3.8, 4) is 11.4 Å². The number of nitro groups is 2. The van der Waals surface area contributed by atoms with E-state index in [-0.39, 0.29) is 28.9 Å². The number of nitrogens with zero attached hydrogens (tertiary/aromatic N) is 5. The maximum atomic E-state index is 13.3. The average Bonchev–Trinajstić information content (AvgIpc) is 3.34. The van der Waals surface area contributed by atoms with Gasteiger partial charge in [-0.1, -0.05) is 30.5 Å². The van der Waals surface area contributed by atoms with E-state index in [4.69, 9.17) is 4.52 Å². The van der Waals surface area contributed by atoms with Gasteiger partial charge in [0.25, 0.3) is 17.3 Å². The number of carbonyl (C=O) groups excluding carboxylic acids is 1. The minimum atomic E-state index is -0.514. The van der Waals surface area contributed by atoms with Crippen LogP contribution in [0.2, 0.25) is 0 Å². The SMILES string of the molecule is O=C(c1cccc([N+](=O)[O-])c1)N(CCc1nc(-c2ccc([N+](=O)[O-])cc2)no1)C1CCCCC1. The highest BCUT2D eigenvalue weighted by atomic mass is 16.6. The second-order valence-electron chi connectivity index (χ2n) is 8.16. The number of non-ortho nitro benzene ring substituents is 2. The lowest BCUT2D eigenvalue weighted by Crippen LogP contribution is -2.42. The molecule has 1 aliphatic rings. The molecule has 3 aromatic rings. The maximum absolute atomic E-state index is 13.3. The molecule has 0 bridgehead atoms. The molecule has 1 amide bonds. The fraction of sp³-hybridized carbons (Fsp3) is 0.348. The first-order valence-electron chi connectivity index (χ1n) is 11.0. The maximum Gasteiger partial charge on any atom is 0.270 e. The third-order valence-electron chi connectivity index (χ3n) is 5.95. The summed E-state index contributed by atoms with van der Waals surface area (Å²) in [6.07, 6.45) is 5.23. The summed E-state index contributed by atoms with van der Waals surface area (Å²) in [6, 6.07) is 11.6. The largest absolute Gasteiger partial charge is 0.339 e. The minimum absolute atomic E-state index is 0.0322. The van der Waals surface area contributed by atoms with E-state index in [1.165, 1.54) is 30.3 Å². The zero-order valence-electron chi connectivity index (χ0n) is 18.3. The molecule has 176 valence electrons. The molecule has 0 saturated heterocycles. The van der Waals surface area contributed by atoms with Crippen molar-refractivity contribution in [2.75, 3.05) is 6.54 Å². The van der Waals surface area contributed by atoms with Gasteiger partial charge in [0.05, 0.1) is 9.85 Å². The Kier molecular flexibility index (Phi) is 6.90.